The summed E-state index contributed by atoms with van der Waals surface area (Å²) in [4.78, 5) is 22.3. The van der Waals surface area contributed by atoms with Gasteiger partial charge in [0.2, 0.25) is 5.95 Å². The average Bonchev–Trinajstić information content (AvgIpc) is 2.41. The van der Waals surface area contributed by atoms with Crippen molar-refractivity contribution in [1.82, 2.24) is 19.7 Å². The van der Waals surface area contributed by atoms with E-state index in [9.17, 15) is 13.2 Å². The molecule has 21 heavy (non-hydrogen) atoms. The number of amides is 2. The Morgan fingerprint density at radius 3 is 2.43 bits per heavy atom. The Labute approximate surface area is 129 Å². The lowest BCUT2D eigenvalue weighted by molar-refractivity contribution is 0.256. The molecule has 0 aliphatic rings. The van der Waals surface area contributed by atoms with Gasteiger partial charge >= 0.3 is 6.03 Å². The molecule has 0 fully saturated rings. The van der Waals surface area contributed by atoms with Gasteiger partial charge in [0.05, 0.1) is 17.4 Å². The molecule has 2 aromatic heterocycles. The monoisotopic (exact) mass is 347 g/mol. The fraction of sp³-hybridized carbons (Fsp3) is 0. The summed E-state index contributed by atoms with van der Waals surface area (Å²) >= 11 is 11.2. The Hall–Kier alpha value is -1.97. The highest BCUT2D eigenvalue weighted by Crippen LogP contribution is 2.17. The van der Waals surface area contributed by atoms with Gasteiger partial charge in [0.1, 0.15) is 10.0 Å². The molecule has 110 valence electrons. The molecule has 0 radical (unpaired) electrons. The number of aromatic nitrogens is 3. The van der Waals surface area contributed by atoms with E-state index in [1.54, 1.807) is 4.72 Å². The number of carbonyl (C=O) groups is 1. The Bertz CT molecular complexity index is 767. The zero-order valence-corrected chi connectivity index (χ0v) is 12.4. The third-order valence-corrected chi connectivity index (χ3v) is 4.06. The van der Waals surface area contributed by atoms with Gasteiger partial charge in [-0.3, -0.25) is 5.32 Å². The molecule has 0 saturated carbocycles. The molecule has 0 atom stereocenters. The molecule has 11 heteroatoms. The number of urea groups is 1. The number of sulfonamides is 1. The predicted molar refractivity (Wildman–Crippen MR) is 75.6 cm³/mol. The summed E-state index contributed by atoms with van der Waals surface area (Å²) < 4.78 is 25.7. The minimum Gasteiger partial charge on any atom is -0.275 e. The lowest BCUT2D eigenvalue weighted by atomic mass is 10.5. The van der Waals surface area contributed by atoms with E-state index in [-0.39, 0.29) is 21.0 Å². The average molecular weight is 348 g/mol. The maximum absolute atomic E-state index is 11.9. The van der Waals surface area contributed by atoms with E-state index in [0.717, 1.165) is 0 Å². The summed E-state index contributed by atoms with van der Waals surface area (Å²) in [6.07, 6.45) is 3.82. The van der Waals surface area contributed by atoms with Crippen LogP contribution in [0.25, 0.3) is 0 Å². The van der Waals surface area contributed by atoms with Crippen LogP contribution < -0.4 is 10.0 Å². The number of hydrogen-bond donors (Lipinski definition) is 2. The molecule has 2 heterocycles. The van der Waals surface area contributed by atoms with Crippen LogP contribution in [-0.4, -0.2) is 29.4 Å². The van der Waals surface area contributed by atoms with Crippen LogP contribution in [0, 0.1) is 0 Å². The minimum atomic E-state index is -4.16. The second kappa shape index (κ2) is 6.20. The van der Waals surface area contributed by atoms with Crippen molar-refractivity contribution in [3.63, 3.8) is 0 Å². The zero-order valence-electron chi connectivity index (χ0n) is 10.1. The number of rotatable bonds is 3. The summed E-state index contributed by atoms with van der Waals surface area (Å²) in [6, 6.07) is 1.54. The molecule has 2 rings (SSSR count). The highest BCUT2D eigenvalue weighted by atomic mass is 35.5. The van der Waals surface area contributed by atoms with E-state index in [1.165, 1.54) is 30.7 Å². The number of pyridine rings is 1. The Morgan fingerprint density at radius 1 is 1.14 bits per heavy atom. The van der Waals surface area contributed by atoms with Crippen molar-refractivity contribution in [3.8, 4) is 0 Å². The second-order valence-corrected chi connectivity index (χ2v) is 6.02. The predicted octanol–water partition coefficient (Wildman–Crippen LogP) is 1.69. The van der Waals surface area contributed by atoms with Crippen molar-refractivity contribution in [3.05, 3.63) is 40.9 Å². The van der Waals surface area contributed by atoms with Crippen LogP contribution in [0.3, 0.4) is 0 Å². The van der Waals surface area contributed by atoms with Crippen LogP contribution in [-0.2, 0) is 10.0 Å². The van der Waals surface area contributed by atoms with E-state index in [1.807, 2.05) is 0 Å². The van der Waals surface area contributed by atoms with Crippen LogP contribution in [0.1, 0.15) is 0 Å². The van der Waals surface area contributed by atoms with Gasteiger partial charge in [-0.1, -0.05) is 23.2 Å². The standard InChI is InChI=1S/C10H7Cl2N5O3S/c11-6-4-14-9(15-5-6)16-10(18)17-21(19,20)7-2-1-3-13-8(7)12/h1-5H,(H2,14,15,16,17,18). The normalized spacial score (nSPS) is 11.0. The molecule has 0 unspecified atom stereocenters. The van der Waals surface area contributed by atoms with Crippen molar-refractivity contribution in [1.29, 1.82) is 0 Å². The first-order chi connectivity index (χ1) is 9.88. The minimum absolute atomic E-state index is 0.107. The molecule has 0 aromatic carbocycles. The summed E-state index contributed by atoms with van der Waals surface area (Å²) in [5.74, 6) is -0.107. The van der Waals surface area contributed by atoms with Crippen molar-refractivity contribution < 1.29 is 13.2 Å². The van der Waals surface area contributed by atoms with Gasteiger partial charge in [-0.2, -0.15) is 0 Å². The van der Waals surface area contributed by atoms with Gasteiger partial charge < -0.3 is 0 Å². The summed E-state index contributed by atoms with van der Waals surface area (Å²) in [7, 11) is -4.16. The number of nitrogens with one attached hydrogen (secondary N) is 2. The molecule has 0 saturated heterocycles. The SMILES string of the molecule is O=C(Nc1ncc(Cl)cn1)NS(=O)(=O)c1cccnc1Cl. The first-order valence-corrected chi connectivity index (χ1v) is 7.54. The summed E-state index contributed by atoms with van der Waals surface area (Å²) in [6.45, 7) is 0. The Kier molecular flexibility index (Phi) is 4.56. The van der Waals surface area contributed by atoms with Crippen molar-refractivity contribution in [2.24, 2.45) is 0 Å². The van der Waals surface area contributed by atoms with Crippen molar-refractivity contribution in [2.75, 3.05) is 5.32 Å². The van der Waals surface area contributed by atoms with Gasteiger partial charge in [0.15, 0.2) is 0 Å². The molecule has 2 aromatic rings. The maximum atomic E-state index is 11.9. The van der Waals surface area contributed by atoms with Gasteiger partial charge in [-0.25, -0.2) is 32.9 Å². The summed E-state index contributed by atoms with van der Waals surface area (Å²) in [5, 5.41) is 2.17. The number of anilines is 1. The molecule has 2 amide bonds. The van der Waals surface area contributed by atoms with E-state index >= 15 is 0 Å². The lowest BCUT2D eigenvalue weighted by Crippen LogP contribution is -2.35. The second-order valence-electron chi connectivity index (χ2n) is 3.58. The van der Waals surface area contributed by atoms with Crippen LogP contribution in [0.2, 0.25) is 10.2 Å². The van der Waals surface area contributed by atoms with E-state index < -0.39 is 16.1 Å². The highest BCUT2D eigenvalue weighted by Gasteiger charge is 2.21. The Balaban J connectivity index is 2.12. The van der Waals surface area contributed by atoms with Gasteiger partial charge in [0, 0.05) is 6.20 Å². The lowest BCUT2D eigenvalue weighted by Gasteiger charge is -2.08. The van der Waals surface area contributed by atoms with Gasteiger partial charge in [0.25, 0.3) is 10.0 Å². The maximum Gasteiger partial charge on any atom is 0.335 e. The molecule has 0 aliphatic heterocycles. The molecule has 0 aliphatic carbocycles. The number of nitrogens with zero attached hydrogens (tertiary/aromatic N) is 3. The Morgan fingerprint density at radius 2 is 1.81 bits per heavy atom. The summed E-state index contributed by atoms with van der Waals surface area (Å²) in [5.41, 5.74) is 0. The molecule has 8 nitrogen and oxygen atoms in total. The van der Waals surface area contributed by atoms with Gasteiger partial charge in [-0.15, -0.1) is 0 Å². The van der Waals surface area contributed by atoms with Crippen LogP contribution in [0.5, 0.6) is 0 Å². The number of carbonyl (C=O) groups excluding carboxylic acids is 1. The van der Waals surface area contributed by atoms with Crippen LogP contribution in [0.4, 0.5) is 10.7 Å². The quantitative estimate of drug-likeness (QED) is 0.816. The van der Waals surface area contributed by atoms with Crippen LogP contribution in [0.15, 0.2) is 35.6 Å². The third-order valence-electron chi connectivity index (χ3n) is 2.09. The van der Waals surface area contributed by atoms with Crippen molar-refractivity contribution in [2.45, 2.75) is 4.90 Å². The topological polar surface area (TPSA) is 114 Å². The number of halogens is 2. The molecular weight excluding hydrogens is 341 g/mol. The smallest absolute Gasteiger partial charge is 0.275 e. The third kappa shape index (κ3) is 4.00. The molecule has 0 spiro atoms. The fourth-order valence-corrected chi connectivity index (χ4v) is 2.71. The first kappa shape index (κ1) is 15.4. The fourth-order valence-electron chi connectivity index (χ4n) is 1.25. The molecule has 2 N–H and O–H groups in total. The van der Waals surface area contributed by atoms with Gasteiger partial charge in [-0.05, 0) is 12.1 Å². The molecular formula is C10H7Cl2N5O3S. The van der Waals surface area contributed by atoms with Crippen LogP contribution >= 0.6 is 23.2 Å². The van der Waals surface area contributed by atoms with E-state index in [4.69, 9.17) is 23.2 Å². The van der Waals surface area contributed by atoms with E-state index in [2.05, 4.69) is 20.3 Å². The highest BCUT2D eigenvalue weighted by molar-refractivity contribution is 7.90. The first-order valence-electron chi connectivity index (χ1n) is 5.30. The zero-order chi connectivity index (χ0) is 15.5. The number of hydrogen-bond acceptors (Lipinski definition) is 6. The molecule has 0 bridgehead atoms. The van der Waals surface area contributed by atoms with Crippen molar-refractivity contribution >= 4 is 45.2 Å². The van der Waals surface area contributed by atoms with E-state index in [0.29, 0.717) is 0 Å². The largest absolute Gasteiger partial charge is 0.335 e.